The normalized spacial score (nSPS) is 10.4. The molecule has 0 aliphatic heterocycles. The first kappa shape index (κ1) is 12.7. The van der Waals surface area contributed by atoms with Gasteiger partial charge in [-0.1, -0.05) is 78.9 Å². The lowest BCUT2D eigenvalue weighted by molar-refractivity contribution is 0.590. The van der Waals surface area contributed by atoms with E-state index in [1.807, 2.05) is 36.4 Å². The number of para-hydroxylation sites is 1. The summed E-state index contributed by atoms with van der Waals surface area (Å²) >= 11 is 0. The number of rotatable bonds is 4. The van der Waals surface area contributed by atoms with Gasteiger partial charge >= 0.3 is 0 Å². The highest BCUT2D eigenvalue weighted by molar-refractivity contribution is 6.80. The Morgan fingerprint density at radius 1 is 0.650 bits per heavy atom. The Morgan fingerprint density at radius 2 is 1.20 bits per heavy atom. The first-order valence-corrected chi connectivity index (χ1v) is 8.29. The van der Waals surface area contributed by atoms with Gasteiger partial charge in [-0.3, -0.25) is 0 Å². The molecule has 0 saturated heterocycles. The first-order chi connectivity index (χ1) is 9.93. The van der Waals surface area contributed by atoms with Crippen LogP contribution >= 0.6 is 0 Å². The fourth-order valence-electron chi connectivity index (χ4n) is 2.16. The van der Waals surface area contributed by atoms with Gasteiger partial charge in [0.1, 0.15) is 5.75 Å². The molecule has 3 rings (SSSR count). The van der Waals surface area contributed by atoms with Crippen molar-refractivity contribution in [3.63, 3.8) is 0 Å². The molecular weight excluding hydrogens is 260 g/mol. The average Bonchev–Trinajstić information content (AvgIpc) is 2.55. The SMILES string of the molecule is [c]1ccccc1O[SiH](c1ccccc1)c1ccccc1. The molecule has 20 heavy (non-hydrogen) atoms. The molecule has 0 unspecified atom stereocenters. The Labute approximate surface area is 121 Å². The fraction of sp³-hybridized carbons (Fsp3) is 0. The largest absolute Gasteiger partial charge is 0.537 e. The Bertz CT molecular complexity index is 599. The third-order valence-electron chi connectivity index (χ3n) is 3.13. The zero-order valence-electron chi connectivity index (χ0n) is 11.1. The maximum Gasteiger partial charge on any atom is 0.299 e. The number of benzene rings is 3. The van der Waals surface area contributed by atoms with E-state index < -0.39 is 9.04 Å². The van der Waals surface area contributed by atoms with Crippen LogP contribution in [0.15, 0.2) is 84.9 Å². The molecule has 0 N–H and O–H groups in total. The number of hydrogen-bond donors (Lipinski definition) is 0. The molecule has 3 aromatic rings. The van der Waals surface area contributed by atoms with Crippen molar-refractivity contribution >= 4 is 19.4 Å². The van der Waals surface area contributed by atoms with Crippen LogP contribution in [-0.4, -0.2) is 9.04 Å². The van der Waals surface area contributed by atoms with Crippen LogP contribution in [0, 0.1) is 6.07 Å². The highest BCUT2D eigenvalue weighted by Gasteiger charge is 2.18. The van der Waals surface area contributed by atoms with Gasteiger partial charge in [-0.25, -0.2) is 0 Å². The second-order valence-electron chi connectivity index (χ2n) is 4.55. The summed E-state index contributed by atoms with van der Waals surface area (Å²) in [5.41, 5.74) is 0. The van der Waals surface area contributed by atoms with Crippen LogP contribution in [0.5, 0.6) is 5.75 Å². The lowest BCUT2D eigenvalue weighted by Crippen LogP contribution is -2.47. The maximum absolute atomic E-state index is 6.27. The Kier molecular flexibility index (Phi) is 3.95. The van der Waals surface area contributed by atoms with Gasteiger partial charge in [0.15, 0.2) is 0 Å². The molecule has 1 radical (unpaired) electrons. The summed E-state index contributed by atoms with van der Waals surface area (Å²) in [4.78, 5) is 0. The monoisotopic (exact) mass is 275 g/mol. The van der Waals surface area contributed by atoms with Crippen molar-refractivity contribution in [3.8, 4) is 5.75 Å². The standard InChI is InChI=1S/C18H15OSi/c1-4-10-16(11-5-1)19-20(17-12-6-2-7-13-17)18-14-8-3-9-15-18/h1-10,12-15,20H. The molecule has 0 heterocycles. The van der Waals surface area contributed by atoms with Crippen molar-refractivity contribution in [1.82, 2.24) is 0 Å². The van der Waals surface area contributed by atoms with Gasteiger partial charge in [0.05, 0.1) is 0 Å². The van der Waals surface area contributed by atoms with Gasteiger partial charge in [-0.15, -0.1) is 0 Å². The Morgan fingerprint density at radius 3 is 1.70 bits per heavy atom. The minimum absolute atomic E-state index is 0.817. The lowest BCUT2D eigenvalue weighted by atomic mass is 10.3. The molecule has 0 spiro atoms. The van der Waals surface area contributed by atoms with Crippen LogP contribution in [0.25, 0.3) is 0 Å². The predicted octanol–water partition coefficient (Wildman–Crippen LogP) is 2.40. The quantitative estimate of drug-likeness (QED) is 0.664. The van der Waals surface area contributed by atoms with Crippen molar-refractivity contribution in [2.75, 3.05) is 0 Å². The van der Waals surface area contributed by atoms with E-state index in [-0.39, 0.29) is 0 Å². The highest BCUT2D eigenvalue weighted by Crippen LogP contribution is 2.09. The van der Waals surface area contributed by atoms with Crippen LogP contribution < -0.4 is 14.8 Å². The van der Waals surface area contributed by atoms with Crippen molar-refractivity contribution in [2.45, 2.75) is 0 Å². The lowest BCUT2D eigenvalue weighted by Gasteiger charge is -2.18. The molecule has 97 valence electrons. The molecule has 0 aliphatic rings. The van der Waals surface area contributed by atoms with E-state index in [9.17, 15) is 0 Å². The smallest absolute Gasteiger partial charge is 0.299 e. The van der Waals surface area contributed by atoms with Crippen LogP contribution in [0.2, 0.25) is 0 Å². The highest BCUT2D eigenvalue weighted by atomic mass is 28.3. The zero-order chi connectivity index (χ0) is 13.6. The van der Waals surface area contributed by atoms with Crippen molar-refractivity contribution in [2.24, 2.45) is 0 Å². The van der Waals surface area contributed by atoms with Gasteiger partial charge in [0, 0.05) is 6.07 Å². The van der Waals surface area contributed by atoms with E-state index in [1.54, 1.807) is 0 Å². The van der Waals surface area contributed by atoms with E-state index >= 15 is 0 Å². The third kappa shape index (κ3) is 2.98. The van der Waals surface area contributed by atoms with E-state index in [2.05, 4.69) is 54.6 Å². The van der Waals surface area contributed by atoms with Gasteiger partial charge < -0.3 is 4.43 Å². The van der Waals surface area contributed by atoms with Crippen LogP contribution in [0.4, 0.5) is 0 Å². The van der Waals surface area contributed by atoms with E-state index in [0.29, 0.717) is 0 Å². The van der Waals surface area contributed by atoms with Crippen LogP contribution in [-0.2, 0) is 0 Å². The predicted molar refractivity (Wildman–Crippen MR) is 85.2 cm³/mol. The minimum Gasteiger partial charge on any atom is -0.537 e. The molecule has 3 aromatic carbocycles. The maximum atomic E-state index is 6.27. The van der Waals surface area contributed by atoms with Crippen LogP contribution in [0.1, 0.15) is 0 Å². The molecule has 0 fully saturated rings. The molecule has 0 aromatic heterocycles. The van der Waals surface area contributed by atoms with Gasteiger partial charge in [0.25, 0.3) is 9.04 Å². The molecule has 0 saturated carbocycles. The molecule has 0 bridgehead atoms. The molecule has 0 aliphatic carbocycles. The van der Waals surface area contributed by atoms with Gasteiger partial charge in [0.2, 0.25) is 0 Å². The number of hydrogen-bond acceptors (Lipinski definition) is 1. The second-order valence-corrected chi connectivity index (χ2v) is 6.88. The van der Waals surface area contributed by atoms with Crippen molar-refractivity contribution in [1.29, 1.82) is 0 Å². The van der Waals surface area contributed by atoms with Crippen molar-refractivity contribution in [3.05, 3.63) is 91.0 Å². The van der Waals surface area contributed by atoms with Gasteiger partial charge in [-0.2, -0.15) is 0 Å². The van der Waals surface area contributed by atoms with E-state index in [1.165, 1.54) is 10.4 Å². The molecule has 2 heteroatoms. The van der Waals surface area contributed by atoms with Crippen molar-refractivity contribution < 1.29 is 4.43 Å². The molecule has 0 atom stereocenters. The first-order valence-electron chi connectivity index (χ1n) is 6.67. The summed E-state index contributed by atoms with van der Waals surface area (Å²) in [7, 11) is -1.71. The van der Waals surface area contributed by atoms with Crippen LogP contribution in [0.3, 0.4) is 0 Å². The fourth-order valence-corrected chi connectivity index (χ4v) is 4.36. The summed E-state index contributed by atoms with van der Waals surface area (Å²) < 4.78 is 6.27. The molecule has 1 nitrogen and oxygen atoms in total. The Balaban J connectivity index is 1.96. The second kappa shape index (κ2) is 6.22. The summed E-state index contributed by atoms with van der Waals surface area (Å²) in [5.74, 6) is 0.817. The summed E-state index contributed by atoms with van der Waals surface area (Å²) in [6, 6.07) is 31.9. The van der Waals surface area contributed by atoms with E-state index in [0.717, 1.165) is 5.75 Å². The topological polar surface area (TPSA) is 9.23 Å². The minimum atomic E-state index is -1.71. The average molecular weight is 275 g/mol. The summed E-state index contributed by atoms with van der Waals surface area (Å²) in [5, 5.41) is 2.55. The molecular formula is C18H15OSi. The van der Waals surface area contributed by atoms with E-state index in [4.69, 9.17) is 4.43 Å². The summed E-state index contributed by atoms with van der Waals surface area (Å²) in [6.45, 7) is 0. The molecule has 0 amide bonds. The summed E-state index contributed by atoms with van der Waals surface area (Å²) in [6.07, 6.45) is 0. The zero-order valence-corrected chi connectivity index (χ0v) is 12.2. The third-order valence-corrected chi connectivity index (χ3v) is 5.60. The Hall–Kier alpha value is -2.32. The van der Waals surface area contributed by atoms with Gasteiger partial charge in [-0.05, 0) is 16.4 Å².